The van der Waals surface area contributed by atoms with Gasteiger partial charge in [0.25, 0.3) is 0 Å². The number of carbonyl (C=O) groups is 2. The lowest BCUT2D eigenvalue weighted by atomic mass is 9.95. The molecule has 0 bridgehead atoms. The summed E-state index contributed by atoms with van der Waals surface area (Å²) in [7, 11) is 0. The number of hydrogen-bond acceptors (Lipinski definition) is 7. The summed E-state index contributed by atoms with van der Waals surface area (Å²) in [6.45, 7) is 5.81. The molecule has 1 N–H and O–H groups in total. The molecule has 0 radical (unpaired) electrons. The summed E-state index contributed by atoms with van der Waals surface area (Å²) in [4.78, 5) is 27.5. The predicted octanol–water partition coefficient (Wildman–Crippen LogP) is 5.48. The zero-order valence-electron chi connectivity index (χ0n) is 18.3. The fourth-order valence-electron chi connectivity index (χ4n) is 3.88. The van der Waals surface area contributed by atoms with Crippen molar-refractivity contribution in [1.29, 1.82) is 0 Å². The Bertz CT molecular complexity index is 1150. The van der Waals surface area contributed by atoms with Crippen molar-refractivity contribution < 1.29 is 24.2 Å². The van der Waals surface area contributed by atoms with E-state index in [-0.39, 0.29) is 18.9 Å². The SMILES string of the molecule is Cc1c(C)c2c(c(C)c1OC(=O)CCC(=O)O)CC(CCSc1nc3ccccc3s1)O2. The van der Waals surface area contributed by atoms with Gasteiger partial charge in [0.1, 0.15) is 17.6 Å². The molecule has 0 aliphatic carbocycles. The van der Waals surface area contributed by atoms with Gasteiger partial charge in [0.15, 0.2) is 4.34 Å². The van der Waals surface area contributed by atoms with Gasteiger partial charge in [-0.2, -0.15) is 0 Å². The Kier molecular flexibility index (Phi) is 6.71. The summed E-state index contributed by atoms with van der Waals surface area (Å²) in [5.74, 6) is 0.790. The van der Waals surface area contributed by atoms with Crippen molar-refractivity contribution in [2.24, 2.45) is 0 Å². The molecule has 168 valence electrons. The van der Waals surface area contributed by atoms with Gasteiger partial charge in [-0.15, -0.1) is 11.3 Å². The van der Waals surface area contributed by atoms with Crippen molar-refractivity contribution in [2.75, 3.05) is 5.75 Å². The number of fused-ring (bicyclic) bond motifs is 2. The molecule has 8 heteroatoms. The highest BCUT2D eigenvalue weighted by atomic mass is 32.2. The van der Waals surface area contributed by atoms with E-state index < -0.39 is 11.9 Å². The molecular formula is C24H25NO5S2. The summed E-state index contributed by atoms with van der Waals surface area (Å²) < 4.78 is 14.1. The molecule has 1 atom stereocenters. The van der Waals surface area contributed by atoms with Crippen molar-refractivity contribution in [3.05, 3.63) is 46.5 Å². The second kappa shape index (κ2) is 9.50. The number of nitrogens with zero attached hydrogens (tertiary/aromatic N) is 1. The van der Waals surface area contributed by atoms with Gasteiger partial charge in [-0.05, 0) is 56.0 Å². The minimum atomic E-state index is -1.01. The van der Waals surface area contributed by atoms with E-state index in [9.17, 15) is 9.59 Å². The number of carboxylic acid groups (broad SMARTS) is 1. The number of aromatic nitrogens is 1. The van der Waals surface area contributed by atoms with E-state index >= 15 is 0 Å². The first-order valence-electron chi connectivity index (χ1n) is 10.5. The van der Waals surface area contributed by atoms with E-state index in [4.69, 9.17) is 14.6 Å². The molecule has 1 unspecified atom stereocenters. The van der Waals surface area contributed by atoms with E-state index in [1.807, 2.05) is 39.0 Å². The molecule has 0 saturated heterocycles. The molecule has 0 amide bonds. The van der Waals surface area contributed by atoms with Crippen molar-refractivity contribution >= 4 is 45.3 Å². The smallest absolute Gasteiger partial charge is 0.311 e. The summed E-state index contributed by atoms with van der Waals surface area (Å²) in [5, 5.41) is 8.79. The molecule has 3 aromatic rings. The van der Waals surface area contributed by atoms with Crippen LogP contribution in [-0.2, 0) is 16.0 Å². The minimum Gasteiger partial charge on any atom is -0.489 e. The van der Waals surface area contributed by atoms with Crippen LogP contribution in [0.3, 0.4) is 0 Å². The molecule has 2 aromatic carbocycles. The number of aliphatic carboxylic acids is 1. The number of thioether (sulfide) groups is 1. The molecule has 0 spiro atoms. The van der Waals surface area contributed by atoms with E-state index in [2.05, 4.69) is 11.1 Å². The number of rotatable bonds is 8. The van der Waals surface area contributed by atoms with Crippen molar-refractivity contribution in [1.82, 2.24) is 4.98 Å². The number of esters is 1. The van der Waals surface area contributed by atoms with Crippen LogP contribution in [0.15, 0.2) is 28.6 Å². The fraction of sp³-hybridized carbons (Fsp3) is 0.375. The number of carbonyl (C=O) groups excluding carboxylic acids is 1. The van der Waals surface area contributed by atoms with Gasteiger partial charge < -0.3 is 14.6 Å². The minimum absolute atomic E-state index is 0.0710. The second-order valence-electron chi connectivity index (χ2n) is 7.91. The van der Waals surface area contributed by atoms with Crippen LogP contribution in [0.2, 0.25) is 0 Å². The second-order valence-corrected chi connectivity index (χ2v) is 10.3. The van der Waals surface area contributed by atoms with E-state index in [0.717, 1.165) is 56.5 Å². The molecular weight excluding hydrogens is 446 g/mol. The largest absolute Gasteiger partial charge is 0.489 e. The molecule has 0 saturated carbocycles. The lowest BCUT2D eigenvalue weighted by molar-refractivity contribution is -0.142. The van der Waals surface area contributed by atoms with Crippen molar-refractivity contribution in [2.45, 2.75) is 56.9 Å². The monoisotopic (exact) mass is 471 g/mol. The molecule has 1 aliphatic heterocycles. The van der Waals surface area contributed by atoms with Crippen LogP contribution < -0.4 is 9.47 Å². The van der Waals surface area contributed by atoms with Crippen molar-refractivity contribution in [3.8, 4) is 11.5 Å². The first-order valence-corrected chi connectivity index (χ1v) is 12.3. The standard InChI is InChI=1S/C24H25NO5S2/c1-13-14(2)23-17(15(3)22(13)30-21(28)9-8-20(26)27)12-16(29-23)10-11-31-24-25-18-6-4-5-7-19(18)32-24/h4-7,16H,8-12H2,1-3H3,(H,26,27). The highest BCUT2D eigenvalue weighted by Crippen LogP contribution is 2.43. The highest BCUT2D eigenvalue weighted by molar-refractivity contribution is 8.01. The number of para-hydroxylation sites is 1. The number of benzene rings is 2. The van der Waals surface area contributed by atoms with Gasteiger partial charge in [-0.3, -0.25) is 9.59 Å². The summed E-state index contributed by atoms with van der Waals surface area (Å²) in [6.07, 6.45) is 1.34. The van der Waals surface area contributed by atoms with Gasteiger partial charge in [0.2, 0.25) is 0 Å². The Morgan fingerprint density at radius 2 is 1.97 bits per heavy atom. The van der Waals surface area contributed by atoms with Gasteiger partial charge in [0.05, 0.1) is 23.1 Å². The van der Waals surface area contributed by atoms with Crippen LogP contribution in [0.25, 0.3) is 10.2 Å². The maximum Gasteiger partial charge on any atom is 0.311 e. The maximum atomic E-state index is 12.1. The molecule has 1 aromatic heterocycles. The van der Waals surface area contributed by atoms with Crippen LogP contribution in [0.1, 0.15) is 41.5 Å². The quantitative estimate of drug-likeness (QED) is 0.265. The van der Waals surface area contributed by atoms with Crippen molar-refractivity contribution in [3.63, 3.8) is 0 Å². The van der Waals surface area contributed by atoms with Crippen LogP contribution >= 0.6 is 23.1 Å². The van der Waals surface area contributed by atoms with Crippen LogP contribution in [-0.4, -0.2) is 33.9 Å². The van der Waals surface area contributed by atoms with Gasteiger partial charge in [0, 0.05) is 17.7 Å². The first kappa shape index (κ1) is 22.6. The van der Waals surface area contributed by atoms with E-state index in [1.54, 1.807) is 23.1 Å². The Balaban J connectivity index is 1.40. The Labute approximate surface area is 195 Å². The van der Waals surface area contributed by atoms with Gasteiger partial charge in [-0.25, -0.2) is 4.98 Å². The summed E-state index contributed by atoms with van der Waals surface area (Å²) in [6, 6.07) is 8.16. The van der Waals surface area contributed by atoms with Gasteiger partial charge in [-0.1, -0.05) is 23.9 Å². The lowest BCUT2D eigenvalue weighted by Gasteiger charge is -2.17. The highest BCUT2D eigenvalue weighted by Gasteiger charge is 2.30. The summed E-state index contributed by atoms with van der Waals surface area (Å²) >= 11 is 3.47. The average molecular weight is 472 g/mol. The van der Waals surface area contributed by atoms with Crippen LogP contribution in [0.4, 0.5) is 0 Å². The molecule has 2 heterocycles. The van der Waals surface area contributed by atoms with E-state index in [1.165, 1.54) is 4.70 Å². The van der Waals surface area contributed by atoms with E-state index in [0.29, 0.717) is 5.75 Å². The summed E-state index contributed by atoms with van der Waals surface area (Å²) in [5.41, 5.74) is 4.83. The topological polar surface area (TPSA) is 85.7 Å². The molecule has 1 aliphatic rings. The third-order valence-corrected chi connectivity index (χ3v) is 7.94. The third kappa shape index (κ3) is 4.76. The molecule has 32 heavy (non-hydrogen) atoms. The molecule has 4 rings (SSSR count). The lowest BCUT2D eigenvalue weighted by Crippen LogP contribution is -2.13. The zero-order chi connectivity index (χ0) is 22.8. The number of carboxylic acids is 1. The number of hydrogen-bond donors (Lipinski definition) is 1. The molecule has 0 fully saturated rings. The predicted molar refractivity (Wildman–Crippen MR) is 126 cm³/mol. The van der Waals surface area contributed by atoms with Gasteiger partial charge >= 0.3 is 11.9 Å². The molecule has 6 nitrogen and oxygen atoms in total. The van der Waals surface area contributed by atoms with Crippen LogP contribution in [0, 0.1) is 20.8 Å². The maximum absolute atomic E-state index is 12.1. The normalized spacial score (nSPS) is 14.9. The third-order valence-electron chi connectivity index (χ3n) is 5.73. The fourth-order valence-corrected chi connectivity index (χ4v) is 6.05. The Morgan fingerprint density at radius 3 is 2.72 bits per heavy atom. The van der Waals surface area contributed by atoms with Crippen LogP contribution in [0.5, 0.6) is 11.5 Å². The number of thiazole rings is 1. The average Bonchev–Trinajstić information content (AvgIpc) is 3.38. The first-order chi connectivity index (χ1) is 15.3. The number of ether oxygens (including phenoxy) is 2. The zero-order valence-corrected chi connectivity index (χ0v) is 19.9. The Hall–Kier alpha value is -2.58. The Morgan fingerprint density at radius 1 is 1.19 bits per heavy atom.